The molecule has 0 amide bonds. The van der Waals surface area contributed by atoms with E-state index in [2.05, 4.69) is 21.2 Å². The fraction of sp³-hybridized carbons (Fsp3) is 0.455. The number of benzene rings is 1. The Labute approximate surface area is 107 Å². The monoisotopic (exact) mass is 310 g/mol. The number of rotatable bonds is 4. The zero-order chi connectivity index (χ0) is 13.1. The van der Waals surface area contributed by atoms with Crippen molar-refractivity contribution in [2.75, 3.05) is 11.9 Å². The normalized spacial score (nSPS) is 13.5. The first kappa shape index (κ1) is 14.3. The van der Waals surface area contributed by atoms with Crippen molar-refractivity contribution in [3.63, 3.8) is 0 Å². The molecule has 0 radical (unpaired) electrons. The molecule has 0 fully saturated rings. The van der Waals surface area contributed by atoms with Gasteiger partial charge in [-0.1, -0.05) is 22.9 Å². The third-order valence-corrected chi connectivity index (χ3v) is 2.86. The molecule has 0 aliphatic heterocycles. The number of nitrogens with two attached hydrogens (primary N) is 1. The molecule has 2 nitrogen and oxygen atoms in total. The van der Waals surface area contributed by atoms with Gasteiger partial charge in [-0.05, 0) is 24.6 Å². The summed E-state index contributed by atoms with van der Waals surface area (Å²) in [4.78, 5) is 0. The fourth-order valence-corrected chi connectivity index (χ4v) is 1.65. The summed E-state index contributed by atoms with van der Waals surface area (Å²) in [7, 11) is 0. The molecular formula is C11H14BrF3N2. The summed E-state index contributed by atoms with van der Waals surface area (Å²) >= 11 is 3.03. The summed E-state index contributed by atoms with van der Waals surface area (Å²) in [5.41, 5.74) is 5.03. The lowest BCUT2D eigenvalue weighted by Crippen LogP contribution is -2.28. The van der Waals surface area contributed by atoms with Crippen molar-refractivity contribution in [3.8, 4) is 0 Å². The zero-order valence-electron chi connectivity index (χ0n) is 9.31. The minimum atomic E-state index is -4.37. The van der Waals surface area contributed by atoms with Gasteiger partial charge in [0.05, 0.1) is 5.56 Å². The number of hydrogen-bond acceptors (Lipinski definition) is 2. The van der Waals surface area contributed by atoms with E-state index in [9.17, 15) is 13.2 Å². The third kappa shape index (κ3) is 4.20. The molecule has 3 N–H and O–H groups in total. The van der Waals surface area contributed by atoms with E-state index in [1.165, 1.54) is 6.07 Å². The van der Waals surface area contributed by atoms with E-state index in [0.717, 1.165) is 6.07 Å². The Hall–Kier alpha value is -0.750. The highest BCUT2D eigenvalue weighted by Gasteiger charge is 2.33. The van der Waals surface area contributed by atoms with Crippen molar-refractivity contribution < 1.29 is 13.2 Å². The molecule has 0 aliphatic carbocycles. The Morgan fingerprint density at radius 1 is 1.41 bits per heavy atom. The second-order valence-electron chi connectivity index (χ2n) is 3.74. The van der Waals surface area contributed by atoms with Gasteiger partial charge in [-0.25, -0.2) is 0 Å². The third-order valence-electron chi connectivity index (χ3n) is 2.37. The summed E-state index contributed by atoms with van der Waals surface area (Å²) in [5, 5.41) is 2.73. The van der Waals surface area contributed by atoms with Crippen LogP contribution in [0.15, 0.2) is 22.7 Å². The summed E-state index contributed by atoms with van der Waals surface area (Å²) in [6.45, 7) is 2.21. The van der Waals surface area contributed by atoms with Gasteiger partial charge in [0, 0.05) is 22.7 Å². The SMILES string of the molecule is CCC(N)CNc1ccc(Br)cc1C(F)(F)F. The lowest BCUT2D eigenvalue weighted by Gasteiger charge is -2.17. The van der Waals surface area contributed by atoms with Crippen LogP contribution in [0, 0.1) is 0 Å². The molecule has 0 spiro atoms. The van der Waals surface area contributed by atoms with Crippen LogP contribution in [0.25, 0.3) is 0 Å². The summed E-state index contributed by atoms with van der Waals surface area (Å²) < 4.78 is 38.6. The van der Waals surface area contributed by atoms with E-state index < -0.39 is 11.7 Å². The largest absolute Gasteiger partial charge is 0.418 e. The minimum Gasteiger partial charge on any atom is -0.383 e. The van der Waals surface area contributed by atoms with Crippen molar-refractivity contribution in [1.29, 1.82) is 0 Å². The topological polar surface area (TPSA) is 38.0 Å². The van der Waals surface area contributed by atoms with Crippen molar-refractivity contribution in [1.82, 2.24) is 0 Å². The molecule has 0 bridgehead atoms. The number of nitrogens with one attached hydrogen (secondary N) is 1. The maximum Gasteiger partial charge on any atom is 0.418 e. The first-order valence-corrected chi connectivity index (χ1v) is 6.00. The first-order chi connectivity index (χ1) is 7.84. The lowest BCUT2D eigenvalue weighted by molar-refractivity contribution is -0.137. The predicted molar refractivity (Wildman–Crippen MR) is 65.9 cm³/mol. The summed E-state index contributed by atoms with van der Waals surface area (Å²) in [6.07, 6.45) is -3.66. The second kappa shape index (κ2) is 5.73. The highest BCUT2D eigenvalue weighted by molar-refractivity contribution is 9.10. The molecule has 1 aromatic rings. The molecule has 6 heteroatoms. The zero-order valence-corrected chi connectivity index (χ0v) is 10.9. The van der Waals surface area contributed by atoms with Crippen LogP contribution in [-0.4, -0.2) is 12.6 Å². The van der Waals surface area contributed by atoms with Gasteiger partial charge in [0.25, 0.3) is 0 Å². The quantitative estimate of drug-likeness (QED) is 0.891. The molecule has 0 saturated carbocycles. The Morgan fingerprint density at radius 3 is 2.59 bits per heavy atom. The van der Waals surface area contributed by atoms with Crippen LogP contribution in [0.3, 0.4) is 0 Å². The molecule has 0 aliphatic rings. The predicted octanol–water partition coefficient (Wildman–Crippen LogP) is 3.62. The minimum absolute atomic E-state index is 0.0598. The van der Waals surface area contributed by atoms with Crippen molar-refractivity contribution >= 4 is 21.6 Å². The van der Waals surface area contributed by atoms with Crippen molar-refractivity contribution in [2.24, 2.45) is 5.73 Å². The van der Waals surface area contributed by atoms with Gasteiger partial charge in [0.2, 0.25) is 0 Å². The second-order valence-corrected chi connectivity index (χ2v) is 4.65. The Bertz CT molecular complexity index is 379. The van der Waals surface area contributed by atoms with Gasteiger partial charge < -0.3 is 11.1 Å². The summed E-state index contributed by atoms with van der Waals surface area (Å²) in [6, 6.07) is 3.86. The average molecular weight is 311 g/mol. The van der Waals surface area contributed by atoms with E-state index >= 15 is 0 Å². The average Bonchev–Trinajstić information content (AvgIpc) is 2.25. The van der Waals surface area contributed by atoms with Crippen LogP contribution in [0.2, 0.25) is 0 Å². The summed E-state index contributed by atoms with van der Waals surface area (Å²) in [5.74, 6) is 0. The fourth-order valence-electron chi connectivity index (χ4n) is 1.29. The standard InChI is InChI=1S/C11H14BrF3N2/c1-2-8(16)6-17-10-4-3-7(12)5-9(10)11(13,14)15/h3-5,8,17H,2,6,16H2,1H3. The molecule has 1 aromatic carbocycles. The van der Waals surface area contributed by atoms with Crippen molar-refractivity contribution in [3.05, 3.63) is 28.2 Å². The van der Waals surface area contributed by atoms with Gasteiger partial charge in [0.1, 0.15) is 0 Å². The number of alkyl halides is 3. The van der Waals surface area contributed by atoms with Crippen LogP contribution < -0.4 is 11.1 Å². The van der Waals surface area contributed by atoms with Gasteiger partial charge in [0.15, 0.2) is 0 Å². The Kier molecular flexibility index (Phi) is 4.82. The number of halogens is 4. The maximum absolute atomic E-state index is 12.7. The highest BCUT2D eigenvalue weighted by Crippen LogP contribution is 2.36. The van der Waals surface area contributed by atoms with E-state index in [1.54, 1.807) is 6.07 Å². The smallest absolute Gasteiger partial charge is 0.383 e. The Morgan fingerprint density at radius 2 is 2.06 bits per heavy atom. The molecule has 1 unspecified atom stereocenters. The van der Waals surface area contributed by atoms with E-state index in [4.69, 9.17) is 5.73 Å². The molecule has 0 saturated heterocycles. The van der Waals surface area contributed by atoms with E-state index in [1.807, 2.05) is 6.92 Å². The van der Waals surface area contributed by atoms with E-state index in [-0.39, 0.29) is 11.7 Å². The lowest BCUT2D eigenvalue weighted by atomic mass is 10.1. The molecular weight excluding hydrogens is 297 g/mol. The van der Waals surface area contributed by atoms with Crippen LogP contribution >= 0.6 is 15.9 Å². The Balaban J connectivity index is 2.91. The van der Waals surface area contributed by atoms with Crippen LogP contribution in [0.5, 0.6) is 0 Å². The number of anilines is 1. The van der Waals surface area contributed by atoms with Gasteiger partial charge in [-0.2, -0.15) is 13.2 Å². The highest BCUT2D eigenvalue weighted by atomic mass is 79.9. The number of hydrogen-bond donors (Lipinski definition) is 2. The molecule has 17 heavy (non-hydrogen) atoms. The molecule has 1 rings (SSSR count). The molecule has 0 aromatic heterocycles. The van der Waals surface area contributed by atoms with Gasteiger partial charge in [-0.15, -0.1) is 0 Å². The van der Waals surface area contributed by atoms with Crippen LogP contribution in [0.1, 0.15) is 18.9 Å². The van der Waals surface area contributed by atoms with Crippen LogP contribution in [-0.2, 0) is 6.18 Å². The molecule has 0 heterocycles. The van der Waals surface area contributed by atoms with Gasteiger partial charge >= 0.3 is 6.18 Å². The first-order valence-electron chi connectivity index (χ1n) is 5.20. The maximum atomic E-state index is 12.7. The van der Waals surface area contributed by atoms with Crippen LogP contribution in [0.4, 0.5) is 18.9 Å². The van der Waals surface area contributed by atoms with Crippen molar-refractivity contribution in [2.45, 2.75) is 25.6 Å². The van der Waals surface area contributed by atoms with E-state index in [0.29, 0.717) is 17.4 Å². The molecule has 1 atom stereocenters. The molecule has 96 valence electrons. The van der Waals surface area contributed by atoms with Gasteiger partial charge in [-0.3, -0.25) is 0 Å².